The third-order valence-corrected chi connectivity index (χ3v) is 4.18. The average Bonchev–Trinajstić information content (AvgIpc) is 2.78. The second kappa shape index (κ2) is 6.15. The fourth-order valence-electron chi connectivity index (χ4n) is 3.12. The predicted octanol–water partition coefficient (Wildman–Crippen LogP) is -0.166. The van der Waals surface area contributed by atoms with Crippen LogP contribution in [0.25, 0.3) is 0 Å². The Kier molecular flexibility index (Phi) is 4.50. The Morgan fingerprint density at radius 1 is 1.14 bits per heavy atom. The van der Waals surface area contributed by atoms with Gasteiger partial charge in [-0.05, 0) is 12.8 Å². The number of rotatable bonds is 3. The van der Waals surface area contributed by atoms with E-state index in [0.29, 0.717) is 0 Å². The highest BCUT2D eigenvalue weighted by atomic mass is 16.3. The lowest BCUT2D eigenvalue weighted by molar-refractivity contribution is -0.138. The molecule has 0 aromatic heterocycles. The van der Waals surface area contributed by atoms with Crippen LogP contribution in [0.3, 0.4) is 0 Å². The summed E-state index contributed by atoms with van der Waals surface area (Å²) in [6.07, 6.45) is 4.63. The summed E-state index contributed by atoms with van der Waals surface area (Å²) in [5.41, 5.74) is -0.160. The molecular formula is C14H21N3O4. The predicted molar refractivity (Wildman–Crippen MR) is 75.3 cm³/mol. The first-order valence-corrected chi connectivity index (χ1v) is 7.22. The molecule has 3 amide bonds. The summed E-state index contributed by atoms with van der Waals surface area (Å²) in [5, 5.41) is 14.9. The number of likely N-dealkylation sites (N-methyl/N-ethyl adjacent to an activating group) is 2. The molecule has 1 aliphatic heterocycles. The third kappa shape index (κ3) is 2.59. The Hall–Kier alpha value is -2.05. The van der Waals surface area contributed by atoms with Gasteiger partial charge in [0.15, 0.2) is 5.76 Å². The van der Waals surface area contributed by atoms with Crippen molar-refractivity contribution in [2.75, 3.05) is 14.1 Å². The first-order chi connectivity index (χ1) is 10.0. The number of carbonyl (C=O) groups excluding carboxylic acids is 3. The van der Waals surface area contributed by atoms with Crippen molar-refractivity contribution in [3.8, 4) is 0 Å². The molecule has 0 saturated heterocycles. The van der Waals surface area contributed by atoms with Gasteiger partial charge < -0.3 is 20.6 Å². The molecular weight excluding hydrogens is 274 g/mol. The molecule has 1 aliphatic carbocycles. The Morgan fingerprint density at radius 2 is 1.76 bits per heavy atom. The van der Waals surface area contributed by atoms with E-state index in [9.17, 15) is 19.5 Å². The van der Waals surface area contributed by atoms with Crippen LogP contribution in [0.1, 0.15) is 32.1 Å². The zero-order valence-electron chi connectivity index (χ0n) is 12.3. The molecule has 1 unspecified atom stereocenters. The van der Waals surface area contributed by atoms with Crippen molar-refractivity contribution in [2.45, 2.75) is 44.2 Å². The van der Waals surface area contributed by atoms with Crippen LogP contribution in [-0.2, 0) is 14.4 Å². The lowest BCUT2D eigenvalue weighted by Gasteiger charge is -2.35. The van der Waals surface area contributed by atoms with Crippen LogP contribution in [0, 0.1) is 0 Å². The number of hydrogen-bond acceptors (Lipinski definition) is 4. The molecule has 0 aromatic carbocycles. The van der Waals surface area contributed by atoms with Gasteiger partial charge in [-0.2, -0.15) is 0 Å². The molecule has 3 N–H and O–H groups in total. The second-order valence-corrected chi connectivity index (χ2v) is 5.36. The monoisotopic (exact) mass is 295 g/mol. The van der Waals surface area contributed by atoms with Crippen LogP contribution in [0.4, 0.5) is 0 Å². The fraction of sp³-hybridized carbons (Fsp3) is 0.643. The smallest absolute Gasteiger partial charge is 0.290 e. The number of aliphatic hydroxyl groups is 1. The average molecular weight is 295 g/mol. The molecule has 2 rings (SSSR count). The van der Waals surface area contributed by atoms with Crippen molar-refractivity contribution >= 4 is 17.7 Å². The zero-order chi connectivity index (χ0) is 15.6. The summed E-state index contributed by atoms with van der Waals surface area (Å²) in [6, 6.07) is -1.16. The normalized spacial score (nSPS) is 23.4. The molecule has 1 heterocycles. The van der Waals surface area contributed by atoms with Crippen molar-refractivity contribution in [3.63, 3.8) is 0 Å². The largest absolute Gasteiger partial charge is 0.503 e. The maximum atomic E-state index is 12.3. The summed E-state index contributed by atoms with van der Waals surface area (Å²) >= 11 is 0. The highest BCUT2D eigenvalue weighted by molar-refractivity contribution is 6.13. The van der Waals surface area contributed by atoms with E-state index in [2.05, 4.69) is 10.6 Å². The van der Waals surface area contributed by atoms with Gasteiger partial charge in [-0.15, -0.1) is 0 Å². The van der Waals surface area contributed by atoms with Gasteiger partial charge in [0, 0.05) is 20.1 Å². The molecule has 0 aromatic rings. The molecule has 1 fully saturated rings. The van der Waals surface area contributed by atoms with Crippen LogP contribution in [0.15, 0.2) is 11.3 Å². The van der Waals surface area contributed by atoms with Crippen LogP contribution in [-0.4, -0.2) is 53.9 Å². The number of carbonyl (C=O) groups is 3. The number of amides is 3. The van der Waals surface area contributed by atoms with E-state index in [1.165, 1.54) is 19.0 Å². The van der Waals surface area contributed by atoms with Crippen LogP contribution < -0.4 is 10.6 Å². The maximum absolute atomic E-state index is 12.3. The summed E-state index contributed by atoms with van der Waals surface area (Å²) in [5.74, 6) is -2.31. The maximum Gasteiger partial charge on any atom is 0.290 e. The van der Waals surface area contributed by atoms with Gasteiger partial charge in [-0.1, -0.05) is 19.3 Å². The van der Waals surface area contributed by atoms with Crippen molar-refractivity contribution in [2.24, 2.45) is 0 Å². The molecule has 116 valence electrons. The van der Waals surface area contributed by atoms with Crippen molar-refractivity contribution in [3.05, 3.63) is 11.3 Å². The minimum Gasteiger partial charge on any atom is -0.503 e. The number of aliphatic hydroxyl groups excluding tert-OH is 1. The number of hydrogen-bond donors (Lipinski definition) is 3. The van der Waals surface area contributed by atoms with Crippen molar-refractivity contribution in [1.82, 2.24) is 15.5 Å². The van der Waals surface area contributed by atoms with E-state index in [4.69, 9.17) is 0 Å². The molecule has 7 heteroatoms. The van der Waals surface area contributed by atoms with Gasteiger partial charge in [0.05, 0.1) is 5.57 Å². The van der Waals surface area contributed by atoms with Gasteiger partial charge in [0.2, 0.25) is 5.91 Å². The molecule has 0 spiro atoms. The highest BCUT2D eigenvalue weighted by Crippen LogP contribution is 2.32. The number of nitrogens with one attached hydrogen (secondary N) is 2. The molecule has 21 heavy (non-hydrogen) atoms. The quantitative estimate of drug-likeness (QED) is 0.673. The lowest BCUT2D eigenvalue weighted by Crippen LogP contribution is -2.52. The van der Waals surface area contributed by atoms with E-state index in [-0.39, 0.29) is 11.6 Å². The molecule has 0 bridgehead atoms. The molecule has 7 nitrogen and oxygen atoms in total. The first-order valence-electron chi connectivity index (χ1n) is 7.22. The SMILES string of the molecule is CNC(=O)C1=C(O)C(=O)N(C2CCCCC2)C1C(=O)NC. The van der Waals surface area contributed by atoms with E-state index in [0.717, 1.165) is 32.1 Å². The van der Waals surface area contributed by atoms with E-state index in [1.54, 1.807) is 0 Å². The number of nitrogens with zero attached hydrogens (tertiary/aromatic N) is 1. The van der Waals surface area contributed by atoms with Crippen LogP contribution >= 0.6 is 0 Å². The van der Waals surface area contributed by atoms with Crippen molar-refractivity contribution in [1.29, 1.82) is 0 Å². The minimum atomic E-state index is -1.05. The summed E-state index contributed by atoms with van der Waals surface area (Å²) in [4.78, 5) is 37.8. The van der Waals surface area contributed by atoms with Crippen LogP contribution in [0.5, 0.6) is 0 Å². The summed E-state index contributed by atoms with van der Waals surface area (Å²) in [7, 11) is 2.85. The van der Waals surface area contributed by atoms with Gasteiger partial charge in [-0.3, -0.25) is 14.4 Å². The van der Waals surface area contributed by atoms with E-state index < -0.39 is 29.5 Å². The van der Waals surface area contributed by atoms with Gasteiger partial charge >= 0.3 is 0 Å². The molecule has 0 radical (unpaired) electrons. The van der Waals surface area contributed by atoms with Gasteiger partial charge in [0.25, 0.3) is 11.8 Å². The van der Waals surface area contributed by atoms with Crippen LogP contribution in [0.2, 0.25) is 0 Å². The van der Waals surface area contributed by atoms with Gasteiger partial charge in [0.1, 0.15) is 6.04 Å². The fourth-order valence-corrected chi connectivity index (χ4v) is 3.12. The van der Waals surface area contributed by atoms with E-state index in [1.807, 2.05) is 0 Å². The Labute approximate surface area is 123 Å². The van der Waals surface area contributed by atoms with Crippen molar-refractivity contribution < 1.29 is 19.5 Å². The minimum absolute atomic E-state index is 0.113. The zero-order valence-corrected chi connectivity index (χ0v) is 12.3. The summed E-state index contributed by atoms with van der Waals surface area (Å²) < 4.78 is 0. The topological polar surface area (TPSA) is 98.7 Å². The Bertz CT molecular complexity index is 494. The first kappa shape index (κ1) is 15.3. The van der Waals surface area contributed by atoms with Gasteiger partial charge in [-0.25, -0.2) is 0 Å². The third-order valence-electron chi connectivity index (χ3n) is 4.18. The Balaban J connectivity index is 2.39. The van der Waals surface area contributed by atoms with E-state index >= 15 is 0 Å². The molecule has 1 atom stereocenters. The standard InChI is InChI=1S/C14H21N3O4/c1-15-12(19)9-10(13(20)16-2)17(14(21)11(9)18)8-6-4-3-5-7-8/h8,10,18H,3-7H2,1-2H3,(H,15,19)(H,16,20). The lowest BCUT2D eigenvalue weighted by atomic mass is 9.93. The Morgan fingerprint density at radius 3 is 2.29 bits per heavy atom. The highest BCUT2D eigenvalue weighted by Gasteiger charge is 2.48. The summed E-state index contributed by atoms with van der Waals surface area (Å²) in [6.45, 7) is 0. The molecule has 2 aliphatic rings. The second-order valence-electron chi connectivity index (χ2n) is 5.36. The molecule has 1 saturated carbocycles.